The monoisotopic (exact) mass is 430 g/mol. The molecule has 1 heterocycles. The number of para-hydroxylation sites is 1. The fourth-order valence-electron chi connectivity index (χ4n) is 3.29. The van der Waals surface area contributed by atoms with Crippen LogP contribution in [0.4, 0.5) is 0 Å². The number of nitrogens with zero attached hydrogens (tertiary/aromatic N) is 2. The van der Waals surface area contributed by atoms with E-state index in [0.29, 0.717) is 30.5 Å². The van der Waals surface area contributed by atoms with Crippen molar-refractivity contribution in [1.82, 2.24) is 4.98 Å². The van der Waals surface area contributed by atoms with E-state index in [2.05, 4.69) is 10.2 Å². The number of aromatic nitrogens is 1. The van der Waals surface area contributed by atoms with Crippen molar-refractivity contribution in [3.63, 3.8) is 0 Å². The predicted molar refractivity (Wildman–Crippen MR) is 119 cm³/mol. The minimum absolute atomic E-state index is 0.303. The van der Waals surface area contributed by atoms with Gasteiger partial charge in [0.15, 0.2) is 18.1 Å². The summed E-state index contributed by atoms with van der Waals surface area (Å²) in [6.45, 7) is 0.264. The molecule has 1 aromatic heterocycles. The molecule has 0 radical (unpaired) electrons. The second-order valence-corrected chi connectivity index (χ2v) is 7.21. The highest BCUT2D eigenvalue weighted by molar-refractivity contribution is 5.78. The van der Waals surface area contributed by atoms with E-state index >= 15 is 0 Å². The third-order valence-electron chi connectivity index (χ3n) is 4.86. The molecular formula is C25H22N2O5. The lowest BCUT2D eigenvalue weighted by atomic mass is 10.1. The Balaban J connectivity index is 1.34. The van der Waals surface area contributed by atoms with Gasteiger partial charge in [-0.3, -0.25) is 4.79 Å². The van der Waals surface area contributed by atoms with Crippen LogP contribution in [0.15, 0.2) is 89.5 Å². The number of fused-ring (bicyclic) bond motifs is 1. The molecule has 0 saturated carbocycles. The van der Waals surface area contributed by atoms with Gasteiger partial charge in [0.2, 0.25) is 0 Å². The smallest absolute Gasteiger partial charge is 0.323 e. The first-order chi connectivity index (χ1) is 15.7. The number of rotatable bonds is 9. The van der Waals surface area contributed by atoms with Crippen LogP contribution in [0.2, 0.25) is 0 Å². The van der Waals surface area contributed by atoms with Crippen molar-refractivity contribution in [3.8, 4) is 5.75 Å². The highest BCUT2D eigenvalue weighted by Gasteiger charge is 2.14. The maximum atomic E-state index is 11.1. The van der Waals surface area contributed by atoms with Crippen LogP contribution in [0.25, 0.3) is 10.9 Å². The molecule has 1 aliphatic carbocycles. The van der Waals surface area contributed by atoms with Crippen molar-refractivity contribution in [3.05, 3.63) is 100 Å². The van der Waals surface area contributed by atoms with Gasteiger partial charge in [-0.2, -0.15) is 0 Å². The van der Waals surface area contributed by atoms with Gasteiger partial charge in [0.25, 0.3) is 0 Å². The van der Waals surface area contributed by atoms with Gasteiger partial charge in [0.1, 0.15) is 19.0 Å². The molecule has 2 aromatic carbocycles. The summed E-state index contributed by atoms with van der Waals surface area (Å²) in [5.74, 6) is 0.847. The summed E-state index contributed by atoms with van der Waals surface area (Å²) in [4.78, 5) is 26.0. The number of hydrogen-bond donors (Lipinski definition) is 0. The van der Waals surface area contributed by atoms with Crippen molar-refractivity contribution in [2.24, 2.45) is 5.18 Å². The molecule has 0 fully saturated rings. The van der Waals surface area contributed by atoms with Gasteiger partial charge in [-0.25, -0.2) is 4.98 Å². The first-order valence-corrected chi connectivity index (χ1v) is 10.3. The normalized spacial score (nSPS) is 13.1. The molecule has 32 heavy (non-hydrogen) atoms. The van der Waals surface area contributed by atoms with Crippen LogP contribution in [-0.2, 0) is 27.5 Å². The Morgan fingerprint density at radius 2 is 1.69 bits per heavy atom. The maximum Gasteiger partial charge on any atom is 0.323 e. The Kier molecular flexibility index (Phi) is 6.87. The molecule has 1 aliphatic rings. The zero-order chi connectivity index (χ0) is 22.2. The number of amides is 1. The molecule has 0 spiro atoms. The first-order valence-electron chi connectivity index (χ1n) is 10.3. The minimum atomic E-state index is -0.860. The molecule has 0 aliphatic heterocycles. The van der Waals surface area contributed by atoms with E-state index in [1.54, 1.807) is 0 Å². The summed E-state index contributed by atoms with van der Waals surface area (Å²) in [6, 6.07) is 19.6. The molecule has 0 saturated heterocycles. The molecule has 162 valence electrons. The number of pyridine rings is 1. The van der Waals surface area contributed by atoms with Crippen molar-refractivity contribution in [2.45, 2.75) is 26.1 Å². The van der Waals surface area contributed by atoms with E-state index < -0.39 is 12.5 Å². The molecule has 1 amide bonds. The quantitative estimate of drug-likeness (QED) is 0.434. The van der Waals surface area contributed by atoms with Gasteiger partial charge in [-0.15, -0.1) is 4.91 Å². The number of carbonyl (C=O) groups excluding carboxylic acids is 1. The van der Waals surface area contributed by atoms with Crippen LogP contribution >= 0.6 is 0 Å². The molecule has 0 bridgehead atoms. The van der Waals surface area contributed by atoms with Crippen LogP contribution in [0.3, 0.4) is 0 Å². The zero-order valence-electron chi connectivity index (χ0n) is 17.4. The molecule has 3 aromatic rings. The third-order valence-corrected chi connectivity index (χ3v) is 4.86. The van der Waals surface area contributed by atoms with E-state index in [4.69, 9.17) is 14.2 Å². The van der Waals surface area contributed by atoms with Crippen LogP contribution in [0.1, 0.15) is 24.1 Å². The second kappa shape index (κ2) is 10.3. The summed E-state index contributed by atoms with van der Waals surface area (Å²) in [6.07, 6.45) is 5.32. The van der Waals surface area contributed by atoms with Crippen LogP contribution in [-0.4, -0.2) is 17.5 Å². The van der Waals surface area contributed by atoms with Gasteiger partial charge >= 0.3 is 5.91 Å². The average molecular weight is 430 g/mol. The minimum Gasteiger partial charge on any atom is -0.487 e. The van der Waals surface area contributed by atoms with E-state index in [1.165, 1.54) is 0 Å². The number of ether oxygens (including phenoxy) is 3. The largest absolute Gasteiger partial charge is 0.487 e. The van der Waals surface area contributed by atoms with E-state index in [1.807, 2.05) is 72.8 Å². The molecule has 7 heteroatoms. The molecule has 0 unspecified atom stereocenters. The summed E-state index contributed by atoms with van der Waals surface area (Å²) >= 11 is 0. The summed E-state index contributed by atoms with van der Waals surface area (Å²) in [7, 11) is 0. The third kappa shape index (κ3) is 5.57. The van der Waals surface area contributed by atoms with E-state index in [0.717, 1.165) is 35.0 Å². The van der Waals surface area contributed by atoms with Crippen LogP contribution in [0, 0.1) is 4.91 Å². The van der Waals surface area contributed by atoms with Gasteiger partial charge < -0.3 is 14.2 Å². The van der Waals surface area contributed by atoms with Crippen molar-refractivity contribution < 1.29 is 19.0 Å². The predicted octanol–water partition coefficient (Wildman–Crippen LogP) is 5.20. The van der Waals surface area contributed by atoms with Crippen LogP contribution in [0.5, 0.6) is 5.75 Å². The Morgan fingerprint density at radius 3 is 2.53 bits per heavy atom. The fraction of sp³-hybridized carbons (Fsp3) is 0.200. The lowest BCUT2D eigenvalue weighted by Gasteiger charge is -2.17. The van der Waals surface area contributed by atoms with Crippen molar-refractivity contribution in [2.75, 3.05) is 6.61 Å². The van der Waals surface area contributed by atoms with Crippen molar-refractivity contribution in [1.29, 1.82) is 0 Å². The number of benzene rings is 2. The van der Waals surface area contributed by atoms with Crippen LogP contribution < -0.4 is 4.74 Å². The molecule has 4 rings (SSSR count). The van der Waals surface area contributed by atoms with E-state index in [-0.39, 0.29) is 0 Å². The summed E-state index contributed by atoms with van der Waals surface area (Å²) in [5, 5.41) is 3.43. The number of allylic oxidation sites excluding steroid dienone is 2. The zero-order valence-corrected chi connectivity index (χ0v) is 17.4. The highest BCUT2D eigenvalue weighted by Crippen LogP contribution is 2.23. The van der Waals surface area contributed by atoms with Gasteiger partial charge in [-0.1, -0.05) is 36.4 Å². The maximum absolute atomic E-state index is 11.1. The Bertz CT molecular complexity index is 1190. The molecule has 0 atom stereocenters. The molecule has 0 N–H and O–H groups in total. The van der Waals surface area contributed by atoms with Gasteiger partial charge in [0, 0.05) is 10.6 Å². The Labute approximate surface area is 185 Å². The highest BCUT2D eigenvalue weighted by atomic mass is 16.5. The summed E-state index contributed by atoms with van der Waals surface area (Å²) < 4.78 is 17.2. The topological polar surface area (TPSA) is 87.1 Å². The SMILES string of the molecule is O=NC(=O)COC1=CCCC=C1OCc1cccc(OCc2ccc3ccccc3n2)c1. The number of nitroso groups, excluding NO2 is 1. The van der Waals surface area contributed by atoms with Gasteiger partial charge in [0.05, 0.1) is 11.2 Å². The first kappa shape index (κ1) is 21.2. The second-order valence-electron chi connectivity index (χ2n) is 7.21. The summed E-state index contributed by atoms with van der Waals surface area (Å²) in [5.41, 5.74) is 2.71. The van der Waals surface area contributed by atoms with Crippen molar-refractivity contribution >= 4 is 16.8 Å². The Morgan fingerprint density at radius 1 is 0.875 bits per heavy atom. The number of carbonyl (C=O) groups is 1. The van der Waals surface area contributed by atoms with Gasteiger partial charge in [-0.05, 0) is 54.8 Å². The molecular weight excluding hydrogens is 408 g/mol. The molecule has 7 nitrogen and oxygen atoms in total. The standard InChI is InChI=1S/C25H22N2O5/c28-25(27-29)17-32-24-11-4-3-10-23(24)31-15-18-6-5-8-21(14-18)30-16-20-13-12-19-7-1-2-9-22(19)26-20/h1-2,5-14H,3-4,15-17H2. The average Bonchev–Trinajstić information content (AvgIpc) is 2.85. The lowest BCUT2D eigenvalue weighted by molar-refractivity contribution is -0.121. The van der Waals surface area contributed by atoms with E-state index in [9.17, 15) is 9.70 Å². The lowest BCUT2D eigenvalue weighted by Crippen LogP contribution is -2.09. The Hall–Kier alpha value is -4.00. The fourth-order valence-corrected chi connectivity index (χ4v) is 3.29. The number of hydrogen-bond acceptors (Lipinski definition) is 6.